The van der Waals surface area contributed by atoms with Gasteiger partial charge in [0.25, 0.3) is 5.69 Å². The topological polar surface area (TPSA) is 68.1 Å². The summed E-state index contributed by atoms with van der Waals surface area (Å²) in [4.78, 5) is 14.1. The molecule has 0 atom stereocenters. The number of rotatable bonds is 4. The first-order valence-corrected chi connectivity index (χ1v) is 5.61. The van der Waals surface area contributed by atoms with E-state index in [9.17, 15) is 10.1 Å². The number of pyridine rings is 1. The van der Waals surface area contributed by atoms with Crippen molar-refractivity contribution in [2.45, 2.75) is 6.54 Å². The second-order valence-electron chi connectivity index (χ2n) is 3.64. The van der Waals surface area contributed by atoms with Crippen molar-refractivity contribution in [3.63, 3.8) is 0 Å². The Morgan fingerprint density at radius 2 is 2.22 bits per heavy atom. The summed E-state index contributed by atoms with van der Waals surface area (Å²) in [6.45, 7) is 0.561. The molecule has 1 aromatic heterocycles. The van der Waals surface area contributed by atoms with Gasteiger partial charge in [0, 0.05) is 31.1 Å². The zero-order valence-corrected chi connectivity index (χ0v) is 10.1. The van der Waals surface area contributed by atoms with Crippen LogP contribution in [0.3, 0.4) is 0 Å². The molecule has 0 aliphatic carbocycles. The fourth-order valence-electron chi connectivity index (χ4n) is 1.46. The SMILES string of the molecule is O=[N+]([O-])c1ccc(NCc2cccnc2)c(Cl)c1. The molecule has 1 heterocycles. The average molecular weight is 264 g/mol. The summed E-state index contributed by atoms with van der Waals surface area (Å²) in [6, 6.07) is 8.11. The second-order valence-corrected chi connectivity index (χ2v) is 4.04. The summed E-state index contributed by atoms with van der Waals surface area (Å²) in [7, 11) is 0. The Labute approximate surface area is 109 Å². The van der Waals surface area contributed by atoms with Crippen LogP contribution in [0, 0.1) is 10.1 Å². The molecule has 0 fully saturated rings. The molecule has 0 saturated carbocycles. The highest BCUT2D eigenvalue weighted by atomic mass is 35.5. The molecule has 5 nitrogen and oxygen atoms in total. The number of non-ortho nitro benzene ring substituents is 1. The number of nitrogens with one attached hydrogen (secondary N) is 1. The molecule has 18 heavy (non-hydrogen) atoms. The van der Waals surface area contributed by atoms with Crippen LogP contribution in [0.25, 0.3) is 0 Å². The van der Waals surface area contributed by atoms with E-state index in [1.807, 2.05) is 12.1 Å². The van der Waals surface area contributed by atoms with E-state index in [1.165, 1.54) is 12.1 Å². The van der Waals surface area contributed by atoms with Crippen molar-refractivity contribution in [2.24, 2.45) is 0 Å². The number of aromatic nitrogens is 1. The normalized spacial score (nSPS) is 10.1. The van der Waals surface area contributed by atoms with Gasteiger partial charge in [-0.15, -0.1) is 0 Å². The summed E-state index contributed by atoms with van der Waals surface area (Å²) < 4.78 is 0. The van der Waals surface area contributed by atoms with Crippen molar-refractivity contribution < 1.29 is 4.92 Å². The van der Waals surface area contributed by atoms with Gasteiger partial charge in [-0.1, -0.05) is 17.7 Å². The van der Waals surface area contributed by atoms with Crippen LogP contribution < -0.4 is 5.32 Å². The molecule has 1 N–H and O–H groups in total. The summed E-state index contributed by atoms with van der Waals surface area (Å²) in [5.74, 6) is 0. The number of nitrogens with zero attached hydrogens (tertiary/aromatic N) is 2. The maximum Gasteiger partial charge on any atom is 0.271 e. The number of hydrogen-bond acceptors (Lipinski definition) is 4. The number of benzene rings is 1. The molecule has 0 radical (unpaired) electrons. The quantitative estimate of drug-likeness (QED) is 0.679. The standard InChI is InChI=1S/C12H10ClN3O2/c13-11-6-10(16(17)18)3-4-12(11)15-8-9-2-1-5-14-7-9/h1-7,15H,8H2. The Bertz CT molecular complexity index is 561. The van der Waals surface area contributed by atoms with Gasteiger partial charge in [0.05, 0.1) is 15.6 Å². The number of nitro groups is 1. The molecule has 0 saturated heterocycles. The van der Waals surface area contributed by atoms with Crippen LogP contribution in [0.15, 0.2) is 42.7 Å². The van der Waals surface area contributed by atoms with Crippen LogP contribution in [0.4, 0.5) is 11.4 Å². The monoisotopic (exact) mass is 263 g/mol. The lowest BCUT2D eigenvalue weighted by Crippen LogP contribution is -2.00. The fraction of sp³-hybridized carbons (Fsp3) is 0.0833. The predicted molar refractivity (Wildman–Crippen MR) is 69.7 cm³/mol. The molecular weight excluding hydrogens is 254 g/mol. The molecule has 0 aliphatic rings. The molecule has 2 aromatic rings. The molecule has 1 aromatic carbocycles. The fourth-order valence-corrected chi connectivity index (χ4v) is 1.70. The minimum Gasteiger partial charge on any atom is -0.380 e. The van der Waals surface area contributed by atoms with Gasteiger partial charge in [-0.25, -0.2) is 0 Å². The predicted octanol–water partition coefficient (Wildman–Crippen LogP) is 3.26. The van der Waals surface area contributed by atoms with Crippen molar-refractivity contribution in [2.75, 3.05) is 5.32 Å². The Hall–Kier alpha value is -2.14. The Kier molecular flexibility index (Phi) is 3.74. The molecule has 6 heteroatoms. The second kappa shape index (κ2) is 5.46. The van der Waals surface area contributed by atoms with Crippen LogP contribution in [0.1, 0.15) is 5.56 Å². The number of anilines is 1. The Morgan fingerprint density at radius 1 is 1.39 bits per heavy atom. The maximum atomic E-state index is 10.6. The molecule has 2 rings (SSSR count). The van der Waals surface area contributed by atoms with Crippen LogP contribution in [-0.2, 0) is 6.54 Å². The summed E-state index contributed by atoms with van der Waals surface area (Å²) in [6.07, 6.45) is 3.44. The number of hydrogen-bond donors (Lipinski definition) is 1. The van der Waals surface area contributed by atoms with Gasteiger partial charge in [0.1, 0.15) is 0 Å². The van der Waals surface area contributed by atoms with Crippen molar-refractivity contribution in [3.05, 3.63) is 63.4 Å². The zero-order chi connectivity index (χ0) is 13.0. The van der Waals surface area contributed by atoms with Crippen LogP contribution in [0.5, 0.6) is 0 Å². The van der Waals surface area contributed by atoms with Crippen molar-refractivity contribution in [3.8, 4) is 0 Å². The highest BCUT2D eigenvalue weighted by molar-refractivity contribution is 6.33. The summed E-state index contributed by atoms with van der Waals surface area (Å²) in [5, 5.41) is 14.0. The van der Waals surface area contributed by atoms with E-state index in [0.717, 1.165) is 5.56 Å². The Balaban J connectivity index is 2.08. The van der Waals surface area contributed by atoms with Crippen LogP contribution in [0.2, 0.25) is 5.02 Å². The molecule has 0 aliphatic heterocycles. The first kappa shape index (κ1) is 12.3. The van der Waals surface area contributed by atoms with E-state index in [4.69, 9.17) is 11.6 Å². The molecule has 0 amide bonds. The molecule has 0 spiro atoms. The highest BCUT2D eigenvalue weighted by Gasteiger charge is 2.08. The number of halogens is 1. The van der Waals surface area contributed by atoms with Gasteiger partial charge in [-0.3, -0.25) is 15.1 Å². The molecule has 0 bridgehead atoms. The lowest BCUT2D eigenvalue weighted by atomic mass is 10.2. The van der Waals surface area contributed by atoms with Gasteiger partial charge >= 0.3 is 0 Å². The first-order valence-electron chi connectivity index (χ1n) is 5.23. The minimum absolute atomic E-state index is 0.0214. The van der Waals surface area contributed by atoms with E-state index < -0.39 is 4.92 Å². The van der Waals surface area contributed by atoms with Gasteiger partial charge in [-0.2, -0.15) is 0 Å². The molecule has 92 valence electrons. The Morgan fingerprint density at radius 3 is 2.83 bits per heavy atom. The van der Waals surface area contributed by atoms with Crippen molar-refractivity contribution in [1.82, 2.24) is 4.98 Å². The highest BCUT2D eigenvalue weighted by Crippen LogP contribution is 2.26. The summed E-state index contributed by atoms with van der Waals surface area (Å²) >= 11 is 5.96. The van der Waals surface area contributed by atoms with E-state index in [-0.39, 0.29) is 5.69 Å². The van der Waals surface area contributed by atoms with Gasteiger partial charge in [-0.05, 0) is 17.7 Å². The van der Waals surface area contributed by atoms with Crippen molar-refractivity contribution in [1.29, 1.82) is 0 Å². The zero-order valence-electron chi connectivity index (χ0n) is 9.34. The van der Waals surface area contributed by atoms with E-state index >= 15 is 0 Å². The van der Waals surface area contributed by atoms with Gasteiger partial charge in [0.2, 0.25) is 0 Å². The van der Waals surface area contributed by atoms with Crippen molar-refractivity contribution >= 4 is 23.0 Å². The summed E-state index contributed by atoms with van der Waals surface area (Å²) in [5.41, 5.74) is 1.64. The molecular formula is C12H10ClN3O2. The third-order valence-electron chi connectivity index (χ3n) is 2.37. The first-order chi connectivity index (χ1) is 8.66. The maximum absolute atomic E-state index is 10.6. The number of nitro benzene ring substituents is 1. The van der Waals surface area contributed by atoms with Crippen LogP contribution >= 0.6 is 11.6 Å². The lowest BCUT2D eigenvalue weighted by Gasteiger charge is -2.07. The van der Waals surface area contributed by atoms with E-state index in [1.54, 1.807) is 18.5 Å². The van der Waals surface area contributed by atoms with Gasteiger partial charge in [0.15, 0.2) is 0 Å². The smallest absolute Gasteiger partial charge is 0.271 e. The third kappa shape index (κ3) is 2.95. The molecule has 0 unspecified atom stereocenters. The van der Waals surface area contributed by atoms with E-state index in [2.05, 4.69) is 10.3 Å². The van der Waals surface area contributed by atoms with Gasteiger partial charge < -0.3 is 5.32 Å². The minimum atomic E-state index is -0.475. The third-order valence-corrected chi connectivity index (χ3v) is 2.68. The van der Waals surface area contributed by atoms with E-state index in [0.29, 0.717) is 17.3 Å². The lowest BCUT2D eigenvalue weighted by molar-refractivity contribution is -0.384. The average Bonchev–Trinajstić information content (AvgIpc) is 2.38. The largest absolute Gasteiger partial charge is 0.380 e. The van der Waals surface area contributed by atoms with Crippen LogP contribution in [-0.4, -0.2) is 9.91 Å².